The van der Waals surface area contributed by atoms with E-state index < -0.39 is 0 Å². The quantitative estimate of drug-likeness (QED) is 0.753. The molecule has 84 valence electrons. The van der Waals surface area contributed by atoms with Gasteiger partial charge in [0.05, 0.1) is 6.10 Å². The number of aliphatic hydroxyl groups excluding tert-OH is 1. The molecule has 0 aliphatic carbocycles. The van der Waals surface area contributed by atoms with Gasteiger partial charge in [-0.1, -0.05) is 6.92 Å². The molecular formula is C12H25NO. The molecule has 0 aromatic heterocycles. The van der Waals surface area contributed by atoms with Crippen molar-refractivity contribution >= 4 is 0 Å². The Labute approximate surface area is 88.3 Å². The van der Waals surface area contributed by atoms with Gasteiger partial charge in [0.25, 0.3) is 0 Å². The molecule has 3 atom stereocenters. The normalized spacial score (nSPS) is 29.6. The summed E-state index contributed by atoms with van der Waals surface area (Å²) >= 11 is 0. The third-order valence-electron chi connectivity index (χ3n) is 3.36. The summed E-state index contributed by atoms with van der Waals surface area (Å²) in [5.41, 5.74) is 0. The lowest BCUT2D eigenvalue weighted by molar-refractivity contribution is 0.121. The summed E-state index contributed by atoms with van der Waals surface area (Å²) in [5.74, 6) is 0.888. The Hall–Kier alpha value is -0.0800. The van der Waals surface area contributed by atoms with Crippen molar-refractivity contribution < 1.29 is 5.11 Å². The minimum Gasteiger partial charge on any atom is -0.393 e. The van der Waals surface area contributed by atoms with Crippen molar-refractivity contribution in [2.45, 2.75) is 58.6 Å². The van der Waals surface area contributed by atoms with Gasteiger partial charge in [0.15, 0.2) is 0 Å². The van der Waals surface area contributed by atoms with Crippen molar-refractivity contribution in [3.8, 4) is 0 Å². The van der Waals surface area contributed by atoms with Crippen molar-refractivity contribution in [2.24, 2.45) is 5.92 Å². The average molecular weight is 199 g/mol. The smallest absolute Gasteiger partial charge is 0.0526 e. The van der Waals surface area contributed by atoms with Gasteiger partial charge in [-0.3, -0.25) is 0 Å². The van der Waals surface area contributed by atoms with Crippen LogP contribution >= 0.6 is 0 Å². The van der Waals surface area contributed by atoms with Gasteiger partial charge in [0, 0.05) is 6.04 Å². The minimum absolute atomic E-state index is 0.161. The highest BCUT2D eigenvalue weighted by Crippen LogP contribution is 2.19. The van der Waals surface area contributed by atoms with E-state index in [9.17, 15) is 5.11 Å². The maximum atomic E-state index is 9.35. The molecule has 1 aliphatic rings. The van der Waals surface area contributed by atoms with Crippen molar-refractivity contribution in [3.05, 3.63) is 0 Å². The van der Waals surface area contributed by atoms with E-state index in [-0.39, 0.29) is 6.10 Å². The van der Waals surface area contributed by atoms with Gasteiger partial charge in [0.1, 0.15) is 0 Å². The number of hydrogen-bond acceptors (Lipinski definition) is 2. The molecule has 1 rings (SSSR count). The fourth-order valence-corrected chi connectivity index (χ4v) is 2.37. The van der Waals surface area contributed by atoms with Crippen LogP contribution in [0.5, 0.6) is 0 Å². The van der Waals surface area contributed by atoms with Gasteiger partial charge in [0.2, 0.25) is 0 Å². The Morgan fingerprint density at radius 3 is 2.64 bits per heavy atom. The minimum atomic E-state index is -0.161. The number of likely N-dealkylation sites (tertiary alicyclic amines) is 1. The number of hydrogen-bond donors (Lipinski definition) is 1. The lowest BCUT2D eigenvalue weighted by Crippen LogP contribution is -2.36. The molecule has 0 aromatic rings. The van der Waals surface area contributed by atoms with E-state index in [4.69, 9.17) is 0 Å². The van der Waals surface area contributed by atoms with E-state index >= 15 is 0 Å². The van der Waals surface area contributed by atoms with Crippen molar-refractivity contribution in [2.75, 3.05) is 13.1 Å². The van der Waals surface area contributed by atoms with E-state index in [1.807, 2.05) is 6.92 Å². The molecule has 1 N–H and O–H groups in total. The van der Waals surface area contributed by atoms with Crippen LogP contribution in [0.3, 0.4) is 0 Å². The first-order valence-corrected chi connectivity index (χ1v) is 6.01. The van der Waals surface area contributed by atoms with Crippen LogP contribution < -0.4 is 0 Å². The van der Waals surface area contributed by atoms with Crippen molar-refractivity contribution in [3.63, 3.8) is 0 Å². The van der Waals surface area contributed by atoms with Crippen LogP contribution in [0.15, 0.2) is 0 Å². The number of rotatable bonds is 3. The monoisotopic (exact) mass is 199 g/mol. The number of nitrogens with zero attached hydrogens (tertiary/aromatic N) is 1. The van der Waals surface area contributed by atoms with Gasteiger partial charge < -0.3 is 10.0 Å². The second-order valence-electron chi connectivity index (χ2n) is 5.01. The van der Waals surface area contributed by atoms with Crippen LogP contribution in [-0.2, 0) is 0 Å². The summed E-state index contributed by atoms with van der Waals surface area (Å²) in [4.78, 5) is 2.54. The molecule has 2 heteroatoms. The summed E-state index contributed by atoms with van der Waals surface area (Å²) in [6.07, 6.45) is 4.77. The van der Waals surface area contributed by atoms with Crippen molar-refractivity contribution in [1.82, 2.24) is 4.90 Å². The molecule has 3 unspecified atom stereocenters. The first-order chi connectivity index (χ1) is 6.59. The highest BCUT2D eigenvalue weighted by Gasteiger charge is 2.19. The molecule has 14 heavy (non-hydrogen) atoms. The molecule has 1 fully saturated rings. The van der Waals surface area contributed by atoms with Crippen LogP contribution in [0, 0.1) is 5.92 Å². The molecule has 2 nitrogen and oxygen atoms in total. The molecule has 0 amide bonds. The maximum absolute atomic E-state index is 9.35. The second-order valence-corrected chi connectivity index (χ2v) is 5.01. The highest BCUT2D eigenvalue weighted by molar-refractivity contribution is 4.73. The third-order valence-corrected chi connectivity index (χ3v) is 3.36. The molecule has 1 saturated heterocycles. The standard InChI is InChI=1S/C12H25NO/c1-10-5-4-7-13(8-6-10)11(2)9-12(3)14/h10-12,14H,4-9H2,1-3H3. The SMILES string of the molecule is CC(O)CC(C)N1CCCC(C)CC1. The molecule has 0 radical (unpaired) electrons. The van der Waals surface area contributed by atoms with Crippen LogP contribution in [0.25, 0.3) is 0 Å². The summed E-state index contributed by atoms with van der Waals surface area (Å²) < 4.78 is 0. The van der Waals surface area contributed by atoms with Crippen LogP contribution in [0.4, 0.5) is 0 Å². The molecule has 0 spiro atoms. The van der Waals surface area contributed by atoms with Gasteiger partial charge in [-0.2, -0.15) is 0 Å². The molecule has 1 heterocycles. The van der Waals surface area contributed by atoms with Crippen molar-refractivity contribution in [1.29, 1.82) is 0 Å². The van der Waals surface area contributed by atoms with Gasteiger partial charge in [-0.15, -0.1) is 0 Å². The zero-order chi connectivity index (χ0) is 10.6. The predicted molar refractivity (Wildman–Crippen MR) is 60.3 cm³/mol. The van der Waals surface area contributed by atoms with Crippen LogP contribution in [-0.4, -0.2) is 35.2 Å². The second kappa shape index (κ2) is 5.72. The van der Waals surface area contributed by atoms with E-state index in [2.05, 4.69) is 18.7 Å². The van der Waals surface area contributed by atoms with E-state index in [1.54, 1.807) is 0 Å². The Morgan fingerprint density at radius 1 is 1.29 bits per heavy atom. The summed E-state index contributed by atoms with van der Waals surface area (Å²) in [6.45, 7) is 8.91. The molecule has 0 saturated carbocycles. The van der Waals surface area contributed by atoms with Crippen LogP contribution in [0.2, 0.25) is 0 Å². The molecule has 0 bridgehead atoms. The van der Waals surface area contributed by atoms with Crippen LogP contribution in [0.1, 0.15) is 46.5 Å². The molecule has 0 aromatic carbocycles. The topological polar surface area (TPSA) is 23.5 Å². The first-order valence-electron chi connectivity index (χ1n) is 6.01. The average Bonchev–Trinajstić information content (AvgIpc) is 2.28. The molecular weight excluding hydrogens is 174 g/mol. The lowest BCUT2D eigenvalue weighted by atomic mass is 10.0. The summed E-state index contributed by atoms with van der Waals surface area (Å²) in [5, 5.41) is 9.35. The lowest BCUT2D eigenvalue weighted by Gasteiger charge is -2.28. The Morgan fingerprint density at radius 2 is 2.00 bits per heavy atom. The van der Waals surface area contributed by atoms with Gasteiger partial charge in [-0.05, 0) is 58.5 Å². The third kappa shape index (κ3) is 3.97. The Kier molecular flexibility index (Phi) is 4.90. The summed E-state index contributed by atoms with van der Waals surface area (Å²) in [6, 6.07) is 0.542. The van der Waals surface area contributed by atoms with E-state index in [0.717, 1.165) is 12.3 Å². The Balaban J connectivity index is 2.35. The fraction of sp³-hybridized carbons (Fsp3) is 1.00. The van der Waals surface area contributed by atoms with E-state index in [0.29, 0.717) is 6.04 Å². The van der Waals surface area contributed by atoms with Gasteiger partial charge >= 0.3 is 0 Å². The fourth-order valence-electron chi connectivity index (χ4n) is 2.37. The predicted octanol–water partition coefficient (Wildman–Crippen LogP) is 2.27. The largest absolute Gasteiger partial charge is 0.393 e. The highest BCUT2D eigenvalue weighted by atomic mass is 16.3. The number of aliphatic hydroxyl groups is 1. The van der Waals surface area contributed by atoms with Gasteiger partial charge in [-0.25, -0.2) is 0 Å². The first kappa shape index (κ1) is 12.0. The molecule has 1 aliphatic heterocycles. The maximum Gasteiger partial charge on any atom is 0.0526 e. The zero-order valence-corrected chi connectivity index (χ0v) is 9.87. The summed E-state index contributed by atoms with van der Waals surface area (Å²) in [7, 11) is 0. The Bertz CT molecular complexity index is 158. The van der Waals surface area contributed by atoms with E-state index in [1.165, 1.54) is 32.4 Å². The zero-order valence-electron chi connectivity index (χ0n) is 9.87.